The largest absolute Gasteiger partial charge is 0.481 e. The minimum Gasteiger partial charge on any atom is -0.481 e. The fourth-order valence-electron chi connectivity index (χ4n) is 5.03. The number of nitrogens with one attached hydrogen (secondary N) is 1. The second-order valence-corrected chi connectivity index (χ2v) is 9.19. The van der Waals surface area contributed by atoms with Crippen LogP contribution >= 0.6 is 0 Å². The molecule has 2 aromatic rings. The number of hydrogen-bond donors (Lipinski definition) is 3. The molecule has 2 amide bonds. The molecule has 0 saturated carbocycles. The number of carboxylic acids is 1. The predicted molar refractivity (Wildman–Crippen MR) is 125 cm³/mol. The van der Waals surface area contributed by atoms with Gasteiger partial charge in [0.05, 0.1) is 6.10 Å². The number of hydrogen-bond acceptors (Lipinski definition) is 5. The van der Waals surface area contributed by atoms with Crippen LogP contribution in [0.3, 0.4) is 0 Å². The predicted octanol–water partition coefficient (Wildman–Crippen LogP) is 2.99. The smallest absolute Gasteiger partial charge is 0.407 e. The average Bonchev–Trinajstić information content (AvgIpc) is 3.13. The summed E-state index contributed by atoms with van der Waals surface area (Å²) in [5, 5.41) is 21.7. The number of alkyl carbamates (subject to hydrolysis) is 1. The van der Waals surface area contributed by atoms with Crippen molar-refractivity contribution in [3.63, 3.8) is 0 Å². The Morgan fingerprint density at radius 1 is 1.06 bits per heavy atom. The molecule has 3 atom stereocenters. The van der Waals surface area contributed by atoms with E-state index in [9.17, 15) is 19.5 Å². The summed E-state index contributed by atoms with van der Waals surface area (Å²) in [5.74, 6) is -1.47. The van der Waals surface area contributed by atoms with Crippen LogP contribution in [0.25, 0.3) is 11.1 Å². The SMILES string of the molecule is CC1CC(O)CN(C(=O)C(CCC(=O)O)NC(=O)OCC2c3ccccc3-c3ccccc32)C1. The fraction of sp³-hybridized carbons (Fsp3) is 0.423. The van der Waals surface area contributed by atoms with Crippen LogP contribution in [0.4, 0.5) is 4.79 Å². The molecule has 2 aromatic carbocycles. The van der Waals surface area contributed by atoms with Crippen molar-refractivity contribution in [2.75, 3.05) is 19.7 Å². The van der Waals surface area contributed by atoms with Gasteiger partial charge >= 0.3 is 12.1 Å². The number of benzene rings is 2. The van der Waals surface area contributed by atoms with Gasteiger partial charge in [-0.3, -0.25) is 9.59 Å². The van der Waals surface area contributed by atoms with Gasteiger partial charge in [0.15, 0.2) is 0 Å². The summed E-state index contributed by atoms with van der Waals surface area (Å²) in [4.78, 5) is 38.4. The first-order valence-corrected chi connectivity index (χ1v) is 11.6. The molecular weight excluding hydrogens is 436 g/mol. The van der Waals surface area contributed by atoms with Gasteiger partial charge in [-0.05, 0) is 41.0 Å². The molecule has 1 fully saturated rings. The van der Waals surface area contributed by atoms with Crippen molar-refractivity contribution in [3.05, 3.63) is 59.7 Å². The summed E-state index contributed by atoms with van der Waals surface area (Å²) >= 11 is 0. The Hall–Kier alpha value is -3.39. The van der Waals surface area contributed by atoms with Gasteiger partial charge in [-0.1, -0.05) is 55.5 Å². The molecule has 0 aromatic heterocycles. The first-order chi connectivity index (χ1) is 16.3. The minimum atomic E-state index is -1.06. The van der Waals surface area contributed by atoms with Gasteiger partial charge in [-0.2, -0.15) is 0 Å². The third-order valence-electron chi connectivity index (χ3n) is 6.53. The van der Waals surface area contributed by atoms with Crippen LogP contribution in [0.15, 0.2) is 48.5 Å². The number of aliphatic carboxylic acids is 1. The number of carbonyl (C=O) groups is 3. The molecule has 34 heavy (non-hydrogen) atoms. The topological polar surface area (TPSA) is 116 Å². The summed E-state index contributed by atoms with van der Waals surface area (Å²) in [6.45, 7) is 2.65. The molecule has 2 aliphatic rings. The number of amides is 2. The summed E-state index contributed by atoms with van der Waals surface area (Å²) in [7, 11) is 0. The zero-order chi connectivity index (χ0) is 24.2. The quantitative estimate of drug-likeness (QED) is 0.578. The number of carbonyl (C=O) groups excluding carboxylic acids is 2. The molecule has 8 nitrogen and oxygen atoms in total. The number of carboxylic acid groups (broad SMARTS) is 1. The number of piperidine rings is 1. The standard InChI is InChI=1S/C26H30N2O6/c1-16-12-17(29)14-28(13-16)25(32)23(10-11-24(30)31)27-26(33)34-15-22-20-8-4-2-6-18(20)19-7-3-5-9-21(19)22/h2-9,16-17,22-23,29H,10-15H2,1H3,(H,27,33)(H,30,31). The molecule has 0 spiro atoms. The summed E-state index contributed by atoms with van der Waals surface area (Å²) in [6, 6.07) is 14.9. The molecular formula is C26H30N2O6. The van der Waals surface area contributed by atoms with Gasteiger partial charge in [0, 0.05) is 25.4 Å². The third kappa shape index (κ3) is 5.22. The Kier molecular flexibility index (Phi) is 7.17. The van der Waals surface area contributed by atoms with Crippen LogP contribution in [0.5, 0.6) is 0 Å². The van der Waals surface area contributed by atoms with Gasteiger partial charge in [0.2, 0.25) is 5.91 Å². The molecule has 180 valence electrons. The van der Waals surface area contributed by atoms with Gasteiger partial charge in [-0.15, -0.1) is 0 Å². The van der Waals surface area contributed by atoms with Gasteiger partial charge < -0.3 is 25.2 Å². The number of ether oxygens (including phenoxy) is 1. The summed E-state index contributed by atoms with van der Waals surface area (Å²) in [6.07, 6.45) is -1.13. The van der Waals surface area contributed by atoms with E-state index in [1.54, 1.807) is 0 Å². The van der Waals surface area contributed by atoms with E-state index in [0.29, 0.717) is 13.0 Å². The number of β-amino-alcohol motifs (C(OH)–C–C–N with tert-alkyl or cyclic N) is 1. The minimum absolute atomic E-state index is 0.0562. The van der Waals surface area contributed by atoms with Crippen LogP contribution in [-0.4, -0.2) is 64.9 Å². The maximum absolute atomic E-state index is 13.1. The summed E-state index contributed by atoms with van der Waals surface area (Å²) in [5.41, 5.74) is 4.37. The number of aliphatic hydroxyl groups excluding tert-OH is 1. The van der Waals surface area contributed by atoms with E-state index in [1.165, 1.54) is 4.90 Å². The van der Waals surface area contributed by atoms with E-state index in [2.05, 4.69) is 5.32 Å². The van der Waals surface area contributed by atoms with Crippen LogP contribution in [-0.2, 0) is 14.3 Å². The molecule has 1 saturated heterocycles. The number of aliphatic hydroxyl groups is 1. The number of nitrogens with zero attached hydrogens (tertiary/aromatic N) is 1. The number of likely N-dealkylation sites (tertiary alicyclic amines) is 1. The molecule has 1 aliphatic heterocycles. The van der Waals surface area contributed by atoms with Gasteiger partial charge in [-0.25, -0.2) is 4.79 Å². The second-order valence-electron chi connectivity index (χ2n) is 9.19. The highest BCUT2D eigenvalue weighted by Crippen LogP contribution is 2.44. The maximum atomic E-state index is 13.1. The molecule has 8 heteroatoms. The molecule has 4 rings (SSSR count). The highest BCUT2D eigenvalue weighted by molar-refractivity contribution is 5.86. The zero-order valence-electron chi connectivity index (χ0n) is 19.1. The Bertz CT molecular complexity index is 1020. The van der Waals surface area contributed by atoms with Crippen molar-refractivity contribution in [2.24, 2.45) is 5.92 Å². The van der Waals surface area contributed by atoms with Crippen molar-refractivity contribution >= 4 is 18.0 Å². The van der Waals surface area contributed by atoms with E-state index in [4.69, 9.17) is 9.84 Å². The summed E-state index contributed by atoms with van der Waals surface area (Å²) < 4.78 is 5.54. The lowest BCUT2D eigenvalue weighted by molar-refractivity contribution is -0.139. The average molecular weight is 467 g/mol. The monoisotopic (exact) mass is 466 g/mol. The highest BCUT2D eigenvalue weighted by atomic mass is 16.5. The van der Waals surface area contributed by atoms with Crippen molar-refractivity contribution < 1.29 is 29.3 Å². The number of rotatable bonds is 7. The zero-order valence-corrected chi connectivity index (χ0v) is 19.1. The molecule has 3 unspecified atom stereocenters. The van der Waals surface area contributed by atoms with Crippen molar-refractivity contribution in [3.8, 4) is 11.1 Å². The lowest BCUT2D eigenvalue weighted by atomic mass is 9.97. The van der Waals surface area contributed by atoms with Crippen LogP contribution < -0.4 is 5.32 Å². The van der Waals surface area contributed by atoms with Crippen LogP contribution in [0, 0.1) is 5.92 Å². The first kappa shape index (κ1) is 23.8. The number of fused-ring (bicyclic) bond motifs is 3. The third-order valence-corrected chi connectivity index (χ3v) is 6.53. The molecule has 0 radical (unpaired) electrons. The molecule has 1 heterocycles. The Morgan fingerprint density at radius 2 is 1.68 bits per heavy atom. The second kappa shape index (κ2) is 10.3. The van der Waals surface area contributed by atoms with Gasteiger partial charge in [0.25, 0.3) is 0 Å². The van der Waals surface area contributed by atoms with Gasteiger partial charge in [0.1, 0.15) is 12.6 Å². The van der Waals surface area contributed by atoms with E-state index in [0.717, 1.165) is 22.3 Å². The van der Waals surface area contributed by atoms with Crippen LogP contribution in [0.2, 0.25) is 0 Å². The van der Waals surface area contributed by atoms with Crippen molar-refractivity contribution in [1.82, 2.24) is 10.2 Å². The Labute approximate surface area is 198 Å². The Balaban J connectivity index is 1.43. The van der Waals surface area contributed by atoms with E-state index in [1.807, 2.05) is 55.5 Å². The fourth-order valence-corrected chi connectivity index (χ4v) is 5.03. The van der Waals surface area contributed by atoms with E-state index in [-0.39, 0.29) is 37.8 Å². The highest BCUT2D eigenvalue weighted by Gasteiger charge is 2.33. The lowest BCUT2D eigenvalue weighted by Crippen LogP contribution is -2.54. The molecule has 3 N–H and O–H groups in total. The molecule has 0 bridgehead atoms. The van der Waals surface area contributed by atoms with Crippen LogP contribution in [0.1, 0.15) is 43.2 Å². The van der Waals surface area contributed by atoms with E-state index >= 15 is 0 Å². The Morgan fingerprint density at radius 3 is 2.26 bits per heavy atom. The van der Waals surface area contributed by atoms with Crippen molar-refractivity contribution in [1.29, 1.82) is 0 Å². The molecule has 1 aliphatic carbocycles. The maximum Gasteiger partial charge on any atom is 0.407 e. The van der Waals surface area contributed by atoms with E-state index < -0.39 is 30.1 Å². The van der Waals surface area contributed by atoms with Crippen molar-refractivity contribution in [2.45, 2.75) is 44.2 Å². The lowest BCUT2D eigenvalue weighted by Gasteiger charge is -2.36. The normalized spacial score (nSPS) is 20.2. The first-order valence-electron chi connectivity index (χ1n) is 11.6.